The molecule has 0 spiro atoms. The van der Waals surface area contributed by atoms with E-state index in [-0.39, 0.29) is 3.94 Å². The molecule has 1 amide bonds. The molecule has 0 N–H and O–H groups in total. The van der Waals surface area contributed by atoms with Gasteiger partial charge >= 0.3 is 11.9 Å². The fourth-order valence-electron chi connectivity index (χ4n) is 0.102. The van der Waals surface area contributed by atoms with Crippen molar-refractivity contribution in [2.45, 2.75) is 0 Å². The second-order valence-corrected chi connectivity index (χ2v) is 1.91. The Labute approximate surface area is 65.6 Å². The third kappa shape index (κ3) is 2.74. The molecule has 4 nitrogen and oxygen atoms in total. The molecule has 0 radical (unpaired) electrons. The van der Waals surface area contributed by atoms with Crippen LogP contribution in [-0.2, 0) is 13.9 Å². The first-order valence-electron chi connectivity index (χ1n) is 1.58. The molecule has 0 fully saturated rings. The Morgan fingerprint density at radius 1 is 1.33 bits per heavy atom. The monoisotopic (exact) mass is 191 g/mol. The summed E-state index contributed by atoms with van der Waals surface area (Å²) in [7, 11) is 0. The van der Waals surface area contributed by atoms with E-state index in [1.165, 1.54) is 0 Å². The van der Waals surface area contributed by atoms with Crippen molar-refractivity contribution in [3.05, 3.63) is 0 Å². The molecular weight excluding hydrogens is 192 g/mol. The Balaban J connectivity index is 3.89. The van der Waals surface area contributed by atoms with Crippen LogP contribution in [0.4, 0.5) is 0 Å². The van der Waals surface area contributed by atoms with Gasteiger partial charge in [-0.25, -0.2) is 4.79 Å². The Morgan fingerprint density at radius 2 is 1.78 bits per heavy atom. The summed E-state index contributed by atoms with van der Waals surface area (Å²) in [4.78, 5) is 20.2. The van der Waals surface area contributed by atoms with Crippen LogP contribution in [0, 0.1) is 0 Å². The maximum Gasteiger partial charge on any atom is 0.417 e. The van der Waals surface area contributed by atoms with E-state index in [2.05, 4.69) is 16.2 Å². The molecule has 0 unspecified atom stereocenters. The molecule has 0 rings (SSSR count). The second-order valence-electron chi connectivity index (χ2n) is 0.903. The summed E-state index contributed by atoms with van der Waals surface area (Å²) in [5.74, 6) is -2.57. The zero-order valence-electron chi connectivity index (χ0n) is 3.81. The van der Waals surface area contributed by atoms with Gasteiger partial charge in [-0.15, -0.1) is 3.94 Å². The molecule has 0 heterocycles. The highest BCUT2D eigenvalue weighted by atomic mass is 35.5. The standard InChI is InChI=1S/C2Cl3NO3/c3-6(4)1(7)2(8)9-5. The van der Waals surface area contributed by atoms with Gasteiger partial charge in [0.05, 0.1) is 0 Å². The summed E-state index contributed by atoms with van der Waals surface area (Å²) in [5, 5.41) is 0. The Morgan fingerprint density at radius 3 is 1.89 bits per heavy atom. The third-order valence-electron chi connectivity index (χ3n) is 0.398. The van der Waals surface area contributed by atoms with Crippen molar-refractivity contribution in [2.24, 2.45) is 0 Å². The second kappa shape index (κ2) is 3.76. The summed E-state index contributed by atoms with van der Waals surface area (Å²) in [6.07, 6.45) is 0. The highest BCUT2D eigenvalue weighted by Gasteiger charge is 2.20. The first-order chi connectivity index (χ1) is 4.09. The van der Waals surface area contributed by atoms with Crippen molar-refractivity contribution >= 4 is 47.3 Å². The van der Waals surface area contributed by atoms with Gasteiger partial charge in [0.2, 0.25) is 0 Å². The molecule has 0 atom stereocenters. The van der Waals surface area contributed by atoms with E-state index in [1.54, 1.807) is 0 Å². The predicted octanol–water partition coefficient (Wildman–Crippen LogP) is 0.820. The molecule has 0 bridgehead atoms. The number of amides is 1. The first kappa shape index (κ1) is 8.81. The van der Waals surface area contributed by atoms with Gasteiger partial charge in [0.1, 0.15) is 11.9 Å². The number of nitrogens with zero attached hydrogens (tertiary/aromatic N) is 1. The molecule has 0 aliphatic carbocycles. The molecule has 0 aliphatic heterocycles. The van der Waals surface area contributed by atoms with Crippen LogP contribution >= 0.6 is 35.4 Å². The van der Waals surface area contributed by atoms with Gasteiger partial charge in [-0.2, -0.15) is 0 Å². The quantitative estimate of drug-likeness (QED) is 0.422. The normalized spacial score (nSPS) is 8.33. The minimum Gasteiger partial charge on any atom is -0.339 e. The van der Waals surface area contributed by atoms with E-state index in [0.29, 0.717) is 0 Å². The molecule has 0 saturated heterocycles. The van der Waals surface area contributed by atoms with Crippen LogP contribution in [0.25, 0.3) is 0 Å². The summed E-state index contributed by atoms with van der Waals surface area (Å²) >= 11 is 14.1. The number of hydrogen-bond donors (Lipinski definition) is 0. The van der Waals surface area contributed by atoms with Crippen LogP contribution in [0.5, 0.6) is 0 Å². The Kier molecular flexibility index (Phi) is 3.68. The Hall–Kier alpha value is -0.190. The Bertz CT molecular complexity index is 135. The highest BCUT2D eigenvalue weighted by Crippen LogP contribution is 2.00. The molecular formula is C2Cl3NO3. The fraction of sp³-hybridized carbons (Fsp3) is 0. The van der Waals surface area contributed by atoms with Crippen molar-refractivity contribution in [3.63, 3.8) is 0 Å². The van der Waals surface area contributed by atoms with E-state index in [1.807, 2.05) is 0 Å². The maximum atomic E-state index is 10.2. The molecule has 0 saturated carbocycles. The lowest BCUT2D eigenvalue weighted by Gasteiger charge is -1.97. The van der Waals surface area contributed by atoms with E-state index in [0.717, 1.165) is 0 Å². The summed E-state index contributed by atoms with van der Waals surface area (Å²) in [6, 6.07) is 0. The third-order valence-corrected chi connectivity index (χ3v) is 0.845. The van der Waals surface area contributed by atoms with Crippen molar-refractivity contribution in [1.29, 1.82) is 0 Å². The minimum atomic E-state index is -1.33. The van der Waals surface area contributed by atoms with Gasteiger partial charge in [-0.3, -0.25) is 4.79 Å². The number of halogens is 3. The molecule has 0 aromatic heterocycles. The highest BCUT2D eigenvalue weighted by molar-refractivity contribution is 6.52. The lowest BCUT2D eigenvalue weighted by Crippen LogP contribution is -2.22. The largest absolute Gasteiger partial charge is 0.417 e. The fourth-order valence-corrected chi connectivity index (χ4v) is 0.306. The maximum absolute atomic E-state index is 10.2. The zero-order chi connectivity index (χ0) is 7.44. The molecule has 7 heteroatoms. The van der Waals surface area contributed by atoms with Crippen LogP contribution in [0.2, 0.25) is 0 Å². The lowest BCUT2D eigenvalue weighted by molar-refractivity contribution is -0.149. The molecule has 0 aromatic rings. The number of rotatable bonds is 0. The van der Waals surface area contributed by atoms with E-state index in [4.69, 9.17) is 23.6 Å². The van der Waals surface area contributed by atoms with Crippen LogP contribution < -0.4 is 0 Å². The van der Waals surface area contributed by atoms with Crippen LogP contribution in [0.1, 0.15) is 0 Å². The molecule has 0 aliphatic rings. The van der Waals surface area contributed by atoms with Crippen molar-refractivity contribution in [3.8, 4) is 0 Å². The molecule has 0 aromatic carbocycles. The van der Waals surface area contributed by atoms with Gasteiger partial charge < -0.3 is 4.29 Å². The predicted molar refractivity (Wildman–Crippen MR) is 30.5 cm³/mol. The van der Waals surface area contributed by atoms with E-state index in [9.17, 15) is 9.59 Å². The first-order valence-corrected chi connectivity index (χ1v) is 2.56. The summed E-state index contributed by atoms with van der Waals surface area (Å²) in [6.45, 7) is 0. The average Bonchev–Trinajstić information content (AvgIpc) is 1.84. The van der Waals surface area contributed by atoms with Gasteiger partial charge in [0, 0.05) is 23.6 Å². The summed E-state index contributed by atoms with van der Waals surface area (Å²) < 4.78 is 3.47. The van der Waals surface area contributed by atoms with Gasteiger partial charge in [0.15, 0.2) is 0 Å². The number of carbonyl (C=O) groups is 2. The molecule has 9 heavy (non-hydrogen) atoms. The minimum absolute atomic E-state index is 0.0186. The average molecular weight is 192 g/mol. The van der Waals surface area contributed by atoms with Crippen LogP contribution in [0.15, 0.2) is 0 Å². The number of hydrogen-bond acceptors (Lipinski definition) is 3. The smallest absolute Gasteiger partial charge is 0.339 e. The van der Waals surface area contributed by atoms with Crippen molar-refractivity contribution in [1.82, 2.24) is 3.94 Å². The molecule has 52 valence electrons. The number of carbonyl (C=O) groups excluding carboxylic acids is 2. The van der Waals surface area contributed by atoms with Gasteiger partial charge in [-0.05, 0) is 0 Å². The van der Waals surface area contributed by atoms with Gasteiger partial charge in [-0.1, -0.05) is 0 Å². The SMILES string of the molecule is O=C(OCl)C(=O)N(Cl)Cl. The lowest BCUT2D eigenvalue weighted by atomic mass is 10.7. The van der Waals surface area contributed by atoms with Crippen molar-refractivity contribution in [2.75, 3.05) is 0 Å². The van der Waals surface area contributed by atoms with E-state index >= 15 is 0 Å². The van der Waals surface area contributed by atoms with Crippen LogP contribution in [0.3, 0.4) is 0 Å². The zero-order valence-corrected chi connectivity index (χ0v) is 6.07. The summed E-state index contributed by atoms with van der Waals surface area (Å²) in [5.41, 5.74) is 0. The van der Waals surface area contributed by atoms with E-state index < -0.39 is 11.9 Å². The van der Waals surface area contributed by atoms with Gasteiger partial charge in [0.25, 0.3) is 0 Å². The topological polar surface area (TPSA) is 46.6 Å². The van der Waals surface area contributed by atoms with Crippen LogP contribution in [-0.4, -0.2) is 15.8 Å². The van der Waals surface area contributed by atoms with Crippen molar-refractivity contribution < 1.29 is 13.9 Å².